The first-order chi connectivity index (χ1) is 12.8. The number of carbonyl (C=O) groups excluding carboxylic acids is 1. The number of amides is 1. The fourth-order valence-electron chi connectivity index (χ4n) is 2.59. The molecule has 8 heteroatoms. The molecule has 1 aliphatic heterocycles. The van der Waals surface area contributed by atoms with Gasteiger partial charge in [0, 0.05) is 5.56 Å². The Morgan fingerprint density at radius 1 is 1.12 bits per heavy atom. The van der Waals surface area contributed by atoms with Gasteiger partial charge >= 0.3 is 0 Å². The molecule has 0 bridgehead atoms. The SMILES string of the molecule is O=C(Cn1nnc(-c2ccccc2)n1)NC[C@@H]1COc2ccccc2O1. The summed E-state index contributed by atoms with van der Waals surface area (Å²) in [5, 5.41) is 14.9. The highest BCUT2D eigenvalue weighted by Crippen LogP contribution is 2.30. The Morgan fingerprint density at radius 2 is 1.88 bits per heavy atom. The Labute approximate surface area is 149 Å². The van der Waals surface area contributed by atoms with Crippen molar-refractivity contribution < 1.29 is 14.3 Å². The van der Waals surface area contributed by atoms with E-state index in [0.29, 0.717) is 24.7 Å². The van der Waals surface area contributed by atoms with Crippen molar-refractivity contribution in [2.45, 2.75) is 12.6 Å². The van der Waals surface area contributed by atoms with Crippen molar-refractivity contribution in [3.8, 4) is 22.9 Å². The molecule has 26 heavy (non-hydrogen) atoms. The molecule has 8 nitrogen and oxygen atoms in total. The predicted octanol–water partition coefficient (Wildman–Crippen LogP) is 1.30. The number of para-hydroxylation sites is 2. The molecule has 0 spiro atoms. The highest BCUT2D eigenvalue weighted by molar-refractivity contribution is 5.75. The van der Waals surface area contributed by atoms with Gasteiger partial charge in [-0.05, 0) is 17.3 Å². The molecular formula is C18H17N5O3. The minimum atomic E-state index is -0.238. The lowest BCUT2D eigenvalue weighted by molar-refractivity contribution is -0.122. The third-order valence-corrected chi connectivity index (χ3v) is 3.86. The lowest BCUT2D eigenvalue weighted by atomic mass is 10.2. The topological polar surface area (TPSA) is 91.2 Å². The number of rotatable bonds is 5. The molecule has 0 saturated carbocycles. The number of tetrazole rings is 1. The van der Waals surface area contributed by atoms with E-state index in [0.717, 1.165) is 11.3 Å². The van der Waals surface area contributed by atoms with Crippen LogP contribution >= 0.6 is 0 Å². The number of nitrogens with zero attached hydrogens (tertiary/aromatic N) is 4. The van der Waals surface area contributed by atoms with Gasteiger partial charge < -0.3 is 14.8 Å². The Kier molecular flexibility index (Phi) is 4.46. The van der Waals surface area contributed by atoms with Crippen LogP contribution in [0.2, 0.25) is 0 Å². The molecule has 0 aliphatic carbocycles. The monoisotopic (exact) mass is 351 g/mol. The van der Waals surface area contributed by atoms with Gasteiger partial charge in [0.2, 0.25) is 11.7 Å². The van der Waals surface area contributed by atoms with Crippen LogP contribution in [0, 0.1) is 0 Å². The van der Waals surface area contributed by atoms with E-state index in [1.165, 1.54) is 4.80 Å². The van der Waals surface area contributed by atoms with E-state index >= 15 is 0 Å². The molecule has 2 heterocycles. The average molecular weight is 351 g/mol. The zero-order valence-corrected chi connectivity index (χ0v) is 13.9. The van der Waals surface area contributed by atoms with Gasteiger partial charge in [-0.1, -0.05) is 42.5 Å². The molecule has 0 saturated heterocycles. The van der Waals surface area contributed by atoms with E-state index in [2.05, 4.69) is 20.7 Å². The van der Waals surface area contributed by atoms with Crippen molar-refractivity contribution in [1.82, 2.24) is 25.5 Å². The van der Waals surface area contributed by atoms with Gasteiger partial charge in [-0.15, -0.1) is 10.2 Å². The van der Waals surface area contributed by atoms with Gasteiger partial charge in [0.25, 0.3) is 0 Å². The maximum atomic E-state index is 12.1. The minimum Gasteiger partial charge on any atom is -0.486 e. The fourth-order valence-corrected chi connectivity index (χ4v) is 2.59. The maximum absolute atomic E-state index is 12.1. The second-order valence-electron chi connectivity index (χ2n) is 5.81. The van der Waals surface area contributed by atoms with Gasteiger partial charge in [-0.3, -0.25) is 4.79 Å². The molecule has 2 aromatic carbocycles. The molecule has 1 amide bonds. The summed E-state index contributed by atoms with van der Waals surface area (Å²) in [6.45, 7) is 0.717. The Balaban J connectivity index is 1.29. The fraction of sp³-hybridized carbons (Fsp3) is 0.222. The lowest BCUT2D eigenvalue weighted by Crippen LogP contribution is -2.41. The van der Waals surface area contributed by atoms with Crippen molar-refractivity contribution in [3.05, 3.63) is 54.6 Å². The summed E-state index contributed by atoms with van der Waals surface area (Å²) in [7, 11) is 0. The summed E-state index contributed by atoms with van der Waals surface area (Å²) in [4.78, 5) is 13.4. The Bertz CT molecular complexity index is 897. The van der Waals surface area contributed by atoms with Crippen LogP contribution in [0.3, 0.4) is 0 Å². The summed E-state index contributed by atoms with van der Waals surface area (Å²) in [6, 6.07) is 16.9. The molecule has 132 valence electrons. The minimum absolute atomic E-state index is 0.00992. The van der Waals surface area contributed by atoms with Gasteiger partial charge in [-0.2, -0.15) is 4.80 Å². The van der Waals surface area contributed by atoms with Gasteiger partial charge in [-0.25, -0.2) is 0 Å². The van der Waals surface area contributed by atoms with E-state index in [1.54, 1.807) is 0 Å². The van der Waals surface area contributed by atoms with Crippen LogP contribution in [-0.2, 0) is 11.3 Å². The van der Waals surface area contributed by atoms with Crippen LogP contribution in [0.25, 0.3) is 11.4 Å². The van der Waals surface area contributed by atoms with E-state index < -0.39 is 0 Å². The van der Waals surface area contributed by atoms with Crippen LogP contribution in [0.5, 0.6) is 11.5 Å². The quantitative estimate of drug-likeness (QED) is 0.745. The van der Waals surface area contributed by atoms with Crippen molar-refractivity contribution in [2.75, 3.05) is 13.2 Å². The third kappa shape index (κ3) is 3.64. The number of hydrogen-bond acceptors (Lipinski definition) is 6. The van der Waals surface area contributed by atoms with E-state index in [4.69, 9.17) is 9.47 Å². The first kappa shape index (κ1) is 16.1. The molecule has 1 aromatic heterocycles. The largest absolute Gasteiger partial charge is 0.486 e. The van der Waals surface area contributed by atoms with E-state index in [1.807, 2.05) is 54.6 Å². The number of hydrogen-bond donors (Lipinski definition) is 1. The van der Waals surface area contributed by atoms with E-state index in [-0.39, 0.29) is 18.6 Å². The molecular weight excluding hydrogens is 334 g/mol. The number of ether oxygens (including phenoxy) is 2. The van der Waals surface area contributed by atoms with Gasteiger partial charge in [0.15, 0.2) is 11.5 Å². The van der Waals surface area contributed by atoms with Gasteiger partial charge in [0.1, 0.15) is 19.3 Å². The number of nitrogens with one attached hydrogen (secondary N) is 1. The number of benzene rings is 2. The molecule has 0 unspecified atom stereocenters. The smallest absolute Gasteiger partial charge is 0.243 e. The maximum Gasteiger partial charge on any atom is 0.243 e. The normalized spacial score (nSPS) is 15.5. The molecule has 1 N–H and O–H groups in total. The molecule has 3 aromatic rings. The third-order valence-electron chi connectivity index (χ3n) is 3.86. The Hall–Kier alpha value is -3.42. The van der Waals surface area contributed by atoms with Crippen LogP contribution in [-0.4, -0.2) is 45.4 Å². The molecule has 0 radical (unpaired) electrons. The second-order valence-corrected chi connectivity index (χ2v) is 5.81. The molecule has 4 rings (SSSR count). The zero-order valence-electron chi connectivity index (χ0n) is 13.9. The summed E-state index contributed by atoms with van der Waals surface area (Å²) < 4.78 is 11.4. The van der Waals surface area contributed by atoms with Crippen LogP contribution in [0.1, 0.15) is 0 Å². The van der Waals surface area contributed by atoms with Gasteiger partial charge in [0.05, 0.1) is 6.54 Å². The lowest BCUT2D eigenvalue weighted by Gasteiger charge is -2.26. The predicted molar refractivity (Wildman–Crippen MR) is 92.6 cm³/mol. The highest BCUT2D eigenvalue weighted by atomic mass is 16.6. The van der Waals surface area contributed by atoms with Crippen molar-refractivity contribution in [2.24, 2.45) is 0 Å². The first-order valence-electron chi connectivity index (χ1n) is 8.26. The number of carbonyl (C=O) groups is 1. The summed E-state index contributed by atoms with van der Waals surface area (Å²) >= 11 is 0. The van der Waals surface area contributed by atoms with Crippen molar-refractivity contribution in [1.29, 1.82) is 0 Å². The van der Waals surface area contributed by atoms with Crippen LogP contribution in [0.15, 0.2) is 54.6 Å². The summed E-state index contributed by atoms with van der Waals surface area (Å²) in [5.41, 5.74) is 0.852. The zero-order chi connectivity index (χ0) is 17.8. The van der Waals surface area contributed by atoms with Crippen molar-refractivity contribution in [3.63, 3.8) is 0 Å². The summed E-state index contributed by atoms with van der Waals surface area (Å²) in [6.07, 6.45) is -0.238. The highest BCUT2D eigenvalue weighted by Gasteiger charge is 2.21. The number of fused-ring (bicyclic) bond motifs is 1. The second kappa shape index (κ2) is 7.22. The van der Waals surface area contributed by atoms with E-state index in [9.17, 15) is 4.79 Å². The molecule has 0 fully saturated rings. The standard InChI is InChI=1S/C18H17N5O3/c24-17(11-23-21-18(20-22-23)13-6-2-1-3-7-13)19-10-14-12-25-15-8-4-5-9-16(15)26-14/h1-9,14H,10-12H2,(H,19,24)/t14-/m1/s1. The molecule has 1 aliphatic rings. The first-order valence-corrected chi connectivity index (χ1v) is 8.26. The van der Waals surface area contributed by atoms with Crippen LogP contribution in [0.4, 0.5) is 0 Å². The molecule has 1 atom stereocenters. The van der Waals surface area contributed by atoms with Crippen LogP contribution < -0.4 is 14.8 Å². The summed E-state index contributed by atoms with van der Waals surface area (Å²) in [5.74, 6) is 1.67. The average Bonchev–Trinajstić information content (AvgIpc) is 3.15. The van der Waals surface area contributed by atoms with Crippen molar-refractivity contribution >= 4 is 5.91 Å². The Morgan fingerprint density at radius 3 is 2.73 bits per heavy atom. The number of aromatic nitrogens is 4.